The summed E-state index contributed by atoms with van der Waals surface area (Å²) in [5, 5.41) is 27.3. The summed E-state index contributed by atoms with van der Waals surface area (Å²) in [6, 6.07) is 1.98. The van der Waals surface area contributed by atoms with Crippen molar-refractivity contribution in [2.45, 2.75) is 17.4 Å². The Morgan fingerprint density at radius 2 is 1.75 bits per heavy atom. The molecule has 0 aliphatic heterocycles. The van der Waals surface area contributed by atoms with Crippen molar-refractivity contribution in [2.75, 3.05) is 25.6 Å². The van der Waals surface area contributed by atoms with Crippen LogP contribution in [0.25, 0.3) is 0 Å². The van der Waals surface area contributed by atoms with E-state index in [4.69, 9.17) is 21.1 Å². The molecule has 0 fully saturated rings. The van der Waals surface area contributed by atoms with Crippen molar-refractivity contribution in [3.8, 4) is 0 Å². The largest absolute Gasteiger partial charge is 0.396 e. The molecule has 0 aliphatic carbocycles. The van der Waals surface area contributed by atoms with E-state index in [1.807, 2.05) is 4.72 Å². The van der Waals surface area contributed by atoms with Crippen LogP contribution in [0.3, 0.4) is 0 Å². The molecular weight excluding hydrogens is 291 g/mol. The lowest BCUT2D eigenvalue weighted by atomic mass is 10.1. The van der Waals surface area contributed by atoms with Gasteiger partial charge in [0.25, 0.3) is 0 Å². The third-order valence-electron chi connectivity index (χ3n) is 2.83. The van der Waals surface area contributed by atoms with Crippen molar-refractivity contribution < 1.29 is 28.1 Å². The van der Waals surface area contributed by atoms with Gasteiger partial charge in [0.15, 0.2) is 0 Å². The zero-order valence-corrected chi connectivity index (χ0v) is 11.6. The average molecular weight is 308 g/mol. The topological polar surface area (TPSA) is 133 Å². The number of sulfonamides is 1. The van der Waals surface area contributed by atoms with Crippen molar-refractivity contribution in [1.29, 1.82) is 0 Å². The lowest BCUT2D eigenvalue weighted by Crippen LogP contribution is -2.56. The van der Waals surface area contributed by atoms with E-state index in [0.717, 1.165) is 12.1 Å². The van der Waals surface area contributed by atoms with Gasteiger partial charge in [-0.2, -0.15) is 4.72 Å². The second kappa shape index (κ2) is 6.02. The maximum absolute atomic E-state index is 13.4. The summed E-state index contributed by atoms with van der Waals surface area (Å²) in [4.78, 5) is -0.325. The van der Waals surface area contributed by atoms with Gasteiger partial charge >= 0.3 is 0 Å². The molecule has 0 heterocycles. The Labute approximate surface area is 115 Å². The number of aliphatic hydroxyl groups is 3. The fourth-order valence-electron chi connectivity index (χ4n) is 1.51. The molecule has 0 amide bonds. The molecule has 20 heavy (non-hydrogen) atoms. The second-order valence-corrected chi connectivity index (χ2v) is 6.19. The molecule has 7 nitrogen and oxygen atoms in total. The molecule has 1 aromatic carbocycles. The van der Waals surface area contributed by atoms with Crippen LogP contribution in [0.2, 0.25) is 0 Å². The number of hydrogen-bond acceptors (Lipinski definition) is 6. The third-order valence-corrected chi connectivity index (χ3v) is 4.38. The summed E-state index contributed by atoms with van der Waals surface area (Å²) in [7, 11) is -4.19. The Balaban J connectivity index is 3.24. The van der Waals surface area contributed by atoms with Gasteiger partial charge in [-0.25, -0.2) is 12.8 Å². The van der Waals surface area contributed by atoms with Gasteiger partial charge in [-0.05, 0) is 24.6 Å². The Kier molecular flexibility index (Phi) is 5.05. The molecule has 0 saturated carbocycles. The average Bonchev–Trinajstić information content (AvgIpc) is 2.41. The van der Waals surface area contributed by atoms with Crippen LogP contribution in [0.1, 0.15) is 5.56 Å². The molecule has 1 aromatic rings. The maximum Gasteiger partial charge on any atom is 0.241 e. The van der Waals surface area contributed by atoms with Gasteiger partial charge < -0.3 is 21.1 Å². The van der Waals surface area contributed by atoms with Crippen molar-refractivity contribution in [2.24, 2.45) is 0 Å². The van der Waals surface area contributed by atoms with Crippen LogP contribution in [0.4, 0.5) is 10.1 Å². The number of hydrogen-bond donors (Lipinski definition) is 5. The Hall–Kier alpha value is -1.26. The minimum absolute atomic E-state index is 0.0352. The number of halogens is 1. The van der Waals surface area contributed by atoms with Crippen molar-refractivity contribution >= 4 is 15.7 Å². The molecule has 0 aliphatic rings. The predicted molar refractivity (Wildman–Crippen MR) is 69.9 cm³/mol. The number of benzene rings is 1. The zero-order chi connectivity index (χ0) is 15.6. The quantitative estimate of drug-likeness (QED) is 0.415. The monoisotopic (exact) mass is 308 g/mol. The Bertz CT molecular complexity index is 555. The van der Waals surface area contributed by atoms with Gasteiger partial charge in [-0.15, -0.1) is 0 Å². The number of aryl methyl sites for hydroxylation is 1. The smallest absolute Gasteiger partial charge is 0.241 e. The van der Waals surface area contributed by atoms with Gasteiger partial charge in [0.2, 0.25) is 10.0 Å². The first-order valence-electron chi connectivity index (χ1n) is 5.63. The van der Waals surface area contributed by atoms with Crippen molar-refractivity contribution in [1.82, 2.24) is 4.72 Å². The summed E-state index contributed by atoms with van der Waals surface area (Å²) in [6.07, 6.45) is 0. The summed E-state index contributed by atoms with van der Waals surface area (Å²) in [5.41, 5.74) is 3.25. The molecule has 1 rings (SSSR count). The van der Waals surface area contributed by atoms with Crippen LogP contribution in [-0.4, -0.2) is 49.1 Å². The molecule has 6 N–H and O–H groups in total. The second-order valence-electron chi connectivity index (χ2n) is 4.50. The Morgan fingerprint density at radius 3 is 2.15 bits per heavy atom. The molecule has 0 spiro atoms. The van der Waals surface area contributed by atoms with Crippen LogP contribution in [-0.2, 0) is 10.0 Å². The van der Waals surface area contributed by atoms with E-state index in [1.54, 1.807) is 0 Å². The van der Waals surface area contributed by atoms with Gasteiger partial charge in [-0.3, -0.25) is 0 Å². The van der Waals surface area contributed by atoms with Crippen LogP contribution >= 0.6 is 0 Å². The number of aliphatic hydroxyl groups excluding tert-OH is 3. The molecule has 0 aromatic heterocycles. The lowest BCUT2D eigenvalue weighted by Gasteiger charge is -2.28. The highest BCUT2D eigenvalue weighted by Gasteiger charge is 2.34. The van der Waals surface area contributed by atoms with Gasteiger partial charge in [0.05, 0.1) is 30.4 Å². The minimum Gasteiger partial charge on any atom is -0.396 e. The normalized spacial score (nSPS) is 12.7. The SMILES string of the molecule is Cc1cc(S(=O)(=O)NC(CO)(CO)CO)cc(N)c1F. The van der Waals surface area contributed by atoms with Crippen molar-refractivity contribution in [3.63, 3.8) is 0 Å². The van der Waals surface area contributed by atoms with E-state index in [-0.39, 0.29) is 16.1 Å². The minimum atomic E-state index is -4.19. The number of nitrogen functional groups attached to an aromatic ring is 1. The highest BCUT2D eigenvalue weighted by molar-refractivity contribution is 7.89. The van der Waals surface area contributed by atoms with E-state index in [2.05, 4.69) is 0 Å². The predicted octanol–water partition coefficient (Wildman–Crippen LogP) is -1.29. The fourth-order valence-corrected chi connectivity index (χ4v) is 3.00. The fraction of sp³-hybridized carbons (Fsp3) is 0.455. The number of nitrogens with one attached hydrogen (secondary N) is 1. The van der Waals surface area contributed by atoms with Gasteiger partial charge in [0, 0.05) is 0 Å². The standard InChI is InChI=1S/C11H17FN2O5S/c1-7-2-8(3-9(13)10(7)12)20(18,19)14-11(4-15,5-16)6-17/h2-3,14-17H,4-6,13H2,1H3. The molecular formula is C11H17FN2O5S. The first-order chi connectivity index (χ1) is 9.21. The highest BCUT2D eigenvalue weighted by Crippen LogP contribution is 2.22. The van der Waals surface area contributed by atoms with E-state index in [9.17, 15) is 12.8 Å². The van der Waals surface area contributed by atoms with E-state index < -0.39 is 41.2 Å². The summed E-state index contributed by atoms with van der Waals surface area (Å²) in [6.45, 7) is -1.08. The van der Waals surface area contributed by atoms with Gasteiger partial charge in [-0.1, -0.05) is 0 Å². The zero-order valence-electron chi connectivity index (χ0n) is 10.8. The first kappa shape index (κ1) is 16.8. The number of anilines is 1. The molecule has 0 unspecified atom stereocenters. The highest BCUT2D eigenvalue weighted by atomic mass is 32.2. The first-order valence-corrected chi connectivity index (χ1v) is 7.12. The summed E-state index contributed by atoms with van der Waals surface area (Å²) in [5.74, 6) is -0.721. The molecule has 9 heteroatoms. The van der Waals surface area contributed by atoms with Crippen LogP contribution in [0.15, 0.2) is 17.0 Å². The van der Waals surface area contributed by atoms with Crippen LogP contribution in [0, 0.1) is 12.7 Å². The molecule has 0 radical (unpaired) electrons. The summed E-state index contributed by atoms with van der Waals surface area (Å²) < 4.78 is 39.6. The van der Waals surface area contributed by atoms with Gasteiger partial charge in [0.1, 0.15) is 11.4 Å². The van der Waals surface area contributed by atoms with E-state index in [0.29, 0.717) is 0 Å². The molecule has 114 valence electrons. The summed E-state index contributed by atoms with van der Waals surface area (Å²) >= 11 is 0. The molecule has 0 saturated heterocycles. The molecule has 0 atom stereocenters. The molecule has 0 bridgehead atoms. The lowest BCUT2D eigenvalue weighted by molar-refractivity contribution is 0.0582. The van der Waals surface area contributed by atoms with E-state index >= 15 is 0 Å². The van der Waals surface area contributed by atoms with Crippen molar-refractivity contribution in [3.05, 3.63) is 23.5 Å². The number of nitrogens with two attached hydrogens (primary N) is 1. The maximum atomic E-state index is 13.4. The van der Waals surface area contributed by atoms with E-state index in [1.165, 1.54) is 6.92 Å². The number of rotatable bonds is 6. The third kappa shape index (κ3) is 3.25. The Morgan fingerprint density at radius 1 is 1.25 bits per heavy atom. The van der Waals surface area contributed by atoms with Crippen LogP contribution in [0.5, 0.6) is 0 Å². The van der Waals surface area contributed by atoms with Crippen LogP contribution < -0.4 is 10.5 Å².